The summed E-state index contributed by atoms with van der Waals surface area (Å²) >= 11 is 0. The molecule has 0 fully saturated rings. The van der Waals surface area contributed by atoms with E-state index in [4.69, 9.17) is 9.47 Å². The van der Waals surface area contributed by atoms with Crippen LogP contribution in [0.5, 0.6) is 5.75 Å². The molecule has 0 bridgehead atoms. The fourth-order valence-electron chi connectivity index (χ4n) is 2.03. The van der Waals surface area contributed by atoms with E-state index in [0.717, 1.165) is 12.0 Å². The Kier molecular flexibility index (Phi) is 8.81. The van der Waals surface area contributed by atoms with Crippen molar-refractivity contribution in [3.05, 3.63) is 29.8 Å². The van der Waals surface area contributed by atoms with Crippen molar-refractivity contribution in [2.24, 2.45) is 0 Å². The van der Waals surface area contributed by atoms with Crippen LogP contribution in [0.2, 0.25) is 0 Å². The lowest BCUT2D eigenvalue weighted by Crippen LogP contribution is -2.36. The van der Waals surface area contributed by atoms with Crippen molar-refractivity contribution in [3.63, 3.8) is 0 Å². The zero-order chi connectivity index (χ0) is 17.1. The number of rotatable bonds is 9. The highest BCUT2D eigenvalue weighted by atomic mass is 16.6. The maximum atomic E-state index is 11.2. The minimum Gasteiger partial charge on any atom is -0.482 e. The molecule has 1 rings (SSSR count). The molecule has 0 radical (unpaired) electrons. The molecular weight excluding hydrogens is 294 g/mol. The average molecular weight is 319 g/mol. The quantitative estimate of drug-likeness (QED) is 0.552. The van der Waals surface area contributed by atoms with Gasteiger partial charge in [-0.1, -0.05) is 18.1 Å². The van der Waals surface area contributed by atoms with Gasteiger partial charge in [0.1, 0.15) is 5.75 Å². The molecule has 1 atom stereocenters. The summed E-state index contributed by atoms with van der Waals surface area (Å²) in [6.45, 7) is 4.51. The zero-order valence-electron chi connectivity index (χ0n) is 14.0. The first-order chi connectivity index (χ1) is 11.1. The first-order valence-corrected chi connectivity index (χ1v) is 7.68. The van der Waals surface area contributed by atoms with Gasteiger partial charge in [-0.3, -0.25) is 4.90 Å². The van der Waals surface area contributed by atoms with Gasteiger partial charge in [-0.15, -0.1) is 5.92 Å². The highest BCUT2D eigenvalue weighted by molar-refractivity contribution is 5.71. The second kappa shape index (κ2) is 10.7. The molecule has 1 aromatic carbocycles. The first kappa shape index (κ1) is 19.0. The third-order valence-electron chi connectivity index (χ3n) is 3.40. The molecule has 0 saturated carbocycles. The molecule has 0 spiro atoms. The Hall–Kier alpha value is -2.03. The van der Waals surface area contributed by atoms with Crippen molar-refractivity contribution in [3.8, 4) is 17.6 Å². The number of likely N-dealkylation sites (N-methyl/N-ethyl adjacent to an activating group) is 1. The van der Waals surface area contributed by atoms with Crippen LogP contribution in [0, 0.1) is 11.8 Å². The van der Waals surface area contributed by atoms with Gasteiger partial charge in [0.15, 0.2) is 6.61 Å². The van der Waals surface area contributed by atoms with Gasteiger partial charge in [0, 0.05) is 6.04 Å². The number of carbonyl (C=O) groups excluding carboxylic acids is 1. The molecule has 0 aliphatic heterocycles. The summed E-state index contributed by atoms with van der Waals surface area (Å²) in [6, 6.07) is 7.51. The Balaban J connectivity index is 2.54. The lowest BCUT2D eigenvalue weighted by Gasteiger charge is -2.24. The Morgan fingerprint density at radius 3 is 2.61 bits per heavy atom. The van der Waals surface area contributed by atoms with Gasteiger partial charge in [0.2, 0.25) is 0 Å². The van der Waals surface area contributed by atoms with E-state index in [9.17, 15) is 9.90 Å². The largest absolute Gasteiger partial charge is 0.482 e. The molecule has 0 unspecified atom stereocenters. The highest BCUT2D eigenvalue weighted by Crippen LogP contribution is 2.14. The minimum absolute atomic E-state index is 0.0159. The second-order valence-electron chi connectivity index (χ2n) is 5.12. The Morgan fingerprint density at radius 1 is 1.35 bits per heavy atom. The maximum Gasteiger partial charge on any atom is 0.344 e. The molecule has 0 aromatic heterocycles. The monoisotopic (exact) mass is 319 g/mol. The normalized spacial score (nSPS) is 11.5. The van der Waals surface area contributed by atoms with Crippen molar-refractivity contribution in [2.45, 2.75) is 26.3 Å². The summed E-state index contributed by atoms with van der Waals surface area (Å²) in [5.41, 5.74) is 1.09. The van der Waals surface area contributed by atoms with Gasteiger partial charge in [0.25, 0.3) is 0 Å². The van der Waals surface area contributed by atoms with Crippen LogP contribution in [0.15, 0.2) is 24.3 Å². The molecule has 1 N–H and O–H groups in total. The predicted molar refractivity (Wildman–Crippen MR) is 89.2 cm³/mol. The Morgan fingerprint density at radius 2 is 2.04 bits per heavy atom. The number of aliphatic hydroxyl groups is 1. The van der Waals surface area contributed by atoms with E-state index in [-0.39, 0.29) is 25.2 Å². The fraction of sp³-hybridized carbons (Fsp3) is 0.500. The zero-order valence-corrected chi connectivity index (χ0v) is 14.0. The fourth-order valence-corrected chi connectivity index (χ4v) is 2.03. The molecule has 5 heteroatoms. The molecule has 5 nitrogen and oxygen atoms in total. The molecule has 0 saturated heterocycles. The van der Waals surface area contributed by atoms with Crippen molar-refractivity contribution in [2.75, 3.05) is 33.4 Å². The van der Waals surface area contributed by atoms with Crippen LogP contribution >= 0.6 is 0 Å². The number of aliphatic hydroxyl groups excluding tert-OH is 1. The number of ether oxygens (including phenoxy) is 2. The van der Waals surface area contributed by atoms with Crippen LogP contribution in [0.3, 0.4) is 0 Å². The molecule has 23 heavy (non-hydrogen) atoms. The molecule has 1 aromatic rings. The third-order valence-corrected chi connectivity index (χ3v) is 3.40. The van der Waals surface area contributed by atoms with Crippen LogP contribution in [0.25, 0.3) is 0 Å². The number of hydrogen-bond donors (Lipinski definition) is 1. The molecule has 0 aliphatic carbocycles. The Bertz CT molecular complexity index is 530. The second-order valence-corrected chi connectivity index (χ2v) is 5.12. The average Bonchev–Trinajstić information content (AvgIpc) is 2.57. The molecule has 0 aliphatic rings. The van der Waals surface area contributed by atoms with Crippen molar-refractivity contribution in [1.82, 2.24) is 4.90 Å². The van der Waals surface area contributed by atoms with E-state index >= 15 is 0 Å². The van der Waals surface area contributed by atoms with E-state index in [1.54, 1.807) is 13.8 Å². The van der Waals surface area contributed by atoms with E-state index in [2.05, 4.69) is 11.8 Å². The van der Waals surface area contributed by atoms with Crippen LogP contribution < -0.4 is 4.74 Å². The standard InChI is InChI=1S/C18H25NO4/c1-4-6-11-19(3)16(13-20)12-15-7-9-17(10-8-15)23-14-18(21)22-5-2/h7-10,16,20H,5,11-14H2,1-3H3/t16-/m0/s1. The van der Waals surface area contributed by atoms with Gasteiger partial charge in [-0.25, -0.2) is 4.79 Å². The summed E-state index contributed by atoms with van der Waals surface area (Å²) < 4.78 is 10.2. The summed E-state index contributed by atoms with van der Waals surface area (Å²) in [4.78, 5) is 13.3. The summed E-state index contributed by atoms with van der Waals surface area (Å²) in [6.07, 6.45) is 0.719. The van der Waals surface area contributed by atoms with E-state index in [1.807, 2.05) is 36.2 Å². The first-order valence-electron chi connectivity index (χ1n) is 7.68. The van der Waals surface area contributed by atoms with Crippen molar-refractivity contribution >= 4 is 5.97 Å². The minimum atomic E-state index is -0.379. The van der Waals surface area contributed by atoms with Crippen LogP contribution in [-0.2, 0) is 16.0 Å². The number of benzene rings is 1. The van der Waals surface area contributed by atoms with Crippen molar-refractivity contribution < 1.29 is 19.4 Å². The van der Waals surface area contributed by atoms with Gasteiger partial charge in [-0.2, -0.15) is 0 Å². The molecule has 126 valence electrons. The lowest BCUT2D eigenvalue weighted by atomic mass is 10.1. The van der Waals surface area contributed by atoms with Crippen LogP contribution in [-0.4, -0.2) is 55.4 Å². The molecule has 0 heterocycles. The summed E-state index contributed by atoms with van der Waals surface area (Å²) in [5, 5.41) is 9.54. The van der Waals surface area contributed by atoms with E-state index in [1.165, 1.54) is 0 Å². The van der Waals surface area contributed by atoms with Gasteiger partial charge in [-0.05, 0) is 45.0 Å². The summed E-state index contributed by atoms with van der Waals surface area (Å²) in [7, 11) is 1.95. The van der Waals surface area contributed by atoms with Crippen molar-refractivity contribution in [1.29, 1.82) is 0 Å². The number of hydrogen-bond acceptors (Lipinski definition) is 5. The number of esters is 1. The third kappa shape index (κ3) is 7.18. The topological polar surface area (TPSA) is 59.0 Å². The lowest BCUT2D eigenvalue weighted by molar-refractivity contribution is -0.145. The van der Waals surface area contributed by atoms with Gasteiger partial charge in [0.05, 0.1) is 19.8 Å². The van der Waals surface area contributed by atoms with Gasteiger partial charge >= 0.3 is 5.97 Å². The van der Waals surface area contributed by atoms with E-state index in [0.29, 0.717) is 18.9 Å². The highest BCUT2D eigenvalue weighted by Gasteiger charge is 2.13. The molecule has 0 amide bonds. The number of nitrogens with zero attached hydrogens (tertiary/aromatic N) is 1. The Labute approximate surface area is 138 Å². The molecular formula is C18H25NO4. The predicted octanol–water partition coefficient (Wildman–Crippen LogP) is 1.49. The SMILES string of the molecule is CC#CCN(C)[C@H](CO)Cc1ccc(OCC(=O)OCC)cc1. The van der Waals surface area contributed by atoms with Gasteiger partial charge < -0.3 is 14.6 Å². The van der Waals surface area contributed by atoms with E-state index < -0.39 is 0 Å². The number of carbonyl (C=O) groups is 1. The van der Waals surface area contributed by atoms with Crippen LogP contribution in [0.1, 0.15) is 19.4 Å². The summed E-state index contributed by atoms with van der Waals surface area (Å²) in [5.74, 6) is 6.09. The van der Waals surface area contributed by atoms with Crippen LogP contribution in [0.4, 0.5) is 0 Å². The maximum absolute atomic E-state index is 11.2. The smallest absolute Gasteiger partial charge is 0.344 e.